The van der Waals surface area contributed by atoms with Crippen LogP contribution in [0.1, 0.15) is 16.1 Å². The summed E-state index contributed by atoms with van der Waals surface area (Å²) in [6.45, 7) is 0. The Morgan fingerprint density at radius 2 is 1.96 bits per heavy atom. The summed E-state index contributed by atoms with van der Waals surface area (Å²) in [4.78, 5) is 0.565. The maximum atomic E-state index is 12.7. The highest BCUT2D eigenvalue weighted by molar-refractivity contribution is 7.17. The van der Waals surface area contributed by atoms with Crippen molar-refractivity contribution in [3.63, 3.8) is 0 Å². The SMILES string of the molecule is FC(F)(F)c1cccc(C=Cc2nn3c(-c4ccco4)nnc3s2)c1. The summed E-state index contributed by atoms with van der Waals surface area (Å²) < 4.78 is 45.1. The fourth-order valence-electron chi connectivity index (χ4n) is 2.24. The highest BCUT2D eigenvalue weighted by Gasteiger charge is 2.30. The molecule has 3 aromatic heterocycles. The second kappa shape index (κ2) is 5.85. The van der Waals surface area contributed by atoms with Gasteiger partial charge in [0.05, 0.1) is 11.8 Å². The Morgan fingerprint density at radius 1 is 1.08 bits per heavy atom. The van der Waals surface area contributed by atoms with E-state index in [1.807, 2.05) is 0 Å². The van der Waals surface area contributed by atoms with E-state index in [0.29, 0.717) is 27.1 Å². The maximum Gasteiger partial charge on any atom is 0.416 e. The Balaban J connectivity index is 1.64. The first-order chi connectivity index (χ1) is 12.0. The van der Waals surface area contributed by atoms with Crippen LogP contribution < -0.4 is 0 Å². The van der Waals surface area contributed by atoms with E-state index in [1.54, 1.807) is 30.4 Å². The molecule has 0 radical (unpaired) electrons. The molecule has 0 bridgehead atoms. The van der Waals surface area contributed by atoms with Crippen molar-refractivity contribution in [2.45, 2.75) is 6.18 Å². The third-order valence-corrected chi connectivity index (χ3v) is 4.24. The first kappa shape index (κ1) is 15.6. The Morgan fingerprint density at radius 3 is 2.72 bits per heavy atom. The number of rotatable bonds is 3. The molecule has 0 aliphatic rings. The van der Waals surface area contributed by atoms with E-state index in [2.05, 4.69) is 15.3 Å². The Bertz CT molecular complexity index is 1050. The smallest absolute Gasteiger partial charge is 0.416 e. The van der Waals surface area contributed by atoms with Gasteiger partial charge in [-0.25, -0.2) is 0 Å². The van der Waals surface area contributed by atoms with Gasteiger partial charge in [0.1, 0.15) is 5.01 Å². The Kier molecular flexibility index (Phi) is 3.65. The van der Waals surface area contributed by atoms with Gasteiger partial charge in [0.15, 0.2) is 5.76 Å². The molecule has 0 spiro atoms. The topological polar surface area (TPSA) is 56.2 Å². The van der Waals surface area contributed by atoms with E-state index in [9.17, 15) is 13.2 Å². The van der Waals surface area contributed by atoms with Crippen LogP contribution in [0.25, 0.3) is 28.7 Å². The second-order valence-electron chi connectivity index (χ2n) is 5.09. The van der Waals surface area contributed by atoms with Gasteiger partial charge in [-0.05, 0) is 35.9 Å². The summed E-state index contributed by atoms with van der Waals surface area (Å²) in [6.07, 6.45) is 0.376. The molecular weight excluding hydrogens is 353 g/mol. The number of hydrogen-bond donors (Lipinski definition) is 0. The Labute approximate surface area is 143 Å². The largest absolute Gasteiger partial charge is 0.461 e. The molecule has 4 aromatic rings. The molecule has 4 rings (SSSR count). The van der Waals surface area contributed by atoms with E-state index in [1.165, 1.54) is 28.2 Å². The standard InChI is InChI=1S/C16H9F3N4OS/c17-16(18,19)11-4-1-3-10(9-11)6-7-13-22-23-14(12-5-2-8-24-12)20-21-15(23)25-13/h1-9H. The molecule has 0 fully saturated rings. The van der Waals surface area contributed by atoms with Crippen LogP contribution in [0, 0.1) is 0 Å². The molecule has 126 valence electrons. The number of nitrogens with zero attached hydrogens (tertiary/aromatic N) is 4. The van der Waals surface area contributed by atoms with Gasteiger partial charge in [-0.15, -0.1) is 10.2 Å². The number of halogens is 3. The highest BCUT2D eigenvalue weighted by Crippen LogP contribution is 2.30. The lowest BCUT2D eigenvalue weighted by Crippen LogP contribution is -2.04. The lowest BCUT2D eigenvalue weighted by Gasteiger charge is -2.06. The molecule has 0 unspecified atom stereocenters. The summed E-state index contributed by atoms with van der Waals surface area (Å²) in [5.74, 6) is 1.00. The molecule has 0 saturated carbocycles. The predicted octanol–water partition coefficient (Wildman–Crippen LogP) is 4.64. The zero-order chi connectivity index (χ0) is 17.4. The van der Waals surface area contributed by atoms with Gasteiger partial charge >= 0.3 is 6.18 Å². The van der Waals surface area contributed by atoms with Crippen LogP contribution in [0.2, 0.25) is 0 Å². The third-order valence-electron chi connectivity index (χ3n) is 3.38. The van der Waals surface area contributed by atoms with Gasteiger partial charge in [0.25, 0.3) is 0 Å². The van der Waals surface area contributed by atoms with Crippen molar-refractivity contribution in [3.05, 3.63) is 58.8 Å². The molecule has 1 aromatic carbocycles. The quantitative estimate of drug-likeness (QED) is 0.533. The third kappa shape index (κ3) is 3.05. The predicted molar refractivity (Wildman–Crippen MR) is 86.7 cm³/mol. The zero-order valence-corrected chi connectivity index (χ0v) is 13.3. The minimum Gasteiger partial charge on any atom is -0.461 e. The van der Waals surface area contributed by atoms with Crippen molar-refractivity contribution in [1.29, 1.82) is 0 Å². The summed E-state index contributed by atoms with van der Waals surface area (Å²) in [5, 5.41) is 13.0. The number of furan rings is 1. The van der Waals surface area contributed by atoms with Crippen molar-refractivity contribution in [2.75, 3.05) is 0 Å². The summed E-state index contributed by atoms with van der Waals surface area (Å²) in [6, 6.07) is 8.57. The molecule has 5 nitrogen and oxygen atoms in total. The van der Waals surface area contributed by atoms with Gasteiger partial charge in [0.2, 0.25) is 10.8 Å². The van der Waals surface area contributed by atoms with Crippen LogP contribution in [0.3, 0.4) is 0 Å². The molecule has 0 aliphatic heterocycles. The van der Waals surface area contributed by atoms with Gasteiger partial charge in [0, 0.05) is 0 Å². The number of alkyl halides is 3. The van der Waals surface area contributed by atoms with Crippen LogP contribution >= 0.6 is 11.3 Å². The van der Waals surface area contributed by atoms with Crippen molar-refractivity contribution >= 4 is 28.4 Å². The van der Waals surface area contributed by atoms with Gasteiger partial charge in [-0.2, -0.15) is 22.8 Å². The van der Waals surface area contributed by atoms with Gasteiger partial charge < -0.3 is 4.42 Å². The average Bonchev–Trinajstić information content (AvgIpc) is 3.29. The van der Waals surface area contributed by atoms with Crippen LogP contribution in [0.15, 0.2) is 47.1 Å². The van der Waals surface area contributed by atoms with Crippen molar-refractivity contribution in [1.82, 2.24) is 19.8 Å². The molecule has 25 heavy (non-hydrogen) atoms. The fourth-order valence-corrected chi connectivity index (χ4v) is 2.99. The molecule has 0 saturated heterocycles. The normalized spacial score (nSPS) is 12.4. The zero-order valence-electron chi connectivity index (χ0n) is 12.4. The van der Waals surface area contributed by atoms with Crippen molar-refractivity contribution in [2.24, 2.45) is 0 Å². The van der Waals surface area contributed by atoms with E-state index < -0.39 is 11.7 Å². The van der Waals surface area contributed by atoms with Crippen molar-refractivity contribution in [3.8, 4) is 11.6 Å². The van der Waals surface area contributed by atoms with Gasteiger partial charge in [-0.1, -0.05) is 29.5 Å². The number of benzene rings is 1. The summed E-state index contributed by atoms with van der Waals surface area (Å²) >= 11 is 1.27. The first-order valence-electron chi connectivity index (χ1n) is 7.12. The minimum absolute atomic E-state index is 0.437. The second-order valence-corrected chi connectivity index (χ2v) is 6.08. The lowest BCUT2D eigenvalue weighted by molar-refractivity contribution is -0.137. The van der Waals surface area contributed by atoms with E-state index in [4.69, 9.17) is 4.42 Å². The van der Waals surface area contributed by atoms with E-state index in [-0.39, 0.29) is 0 Å². The molecule has 0 amide bonds. The van der Waals surface area contributed by atoms with Crippen LogP contribution in [-0.2, 0) is 6.18 Å². The minimum atomic E-state index is -4.37. The average molecular weight is 362 g/mol. The van der Waals surface area contributed by atoms with Gasteiger partial charge in [-0.3, -0.25) is 0 Å². The van der Waals surface area contributed by atoms with Crippen LogP contribution in [-0.4, -0.2) is 19.8 Å². The van der Waals surface area contributed by atoms with E-state index in [0.717, 1.165) is 12.1 Å². The van der Waals surface area contributed by atoms with Crippen LogP contribution in [0.4, 0.5) is 13.2 Å². The molecular formula is C16H9F3N4OS. The number of fused-ring (bicyclic) bond motifs is 1. The summed E-state index contributed by atoms with van der Waals surface area (Å²) in [7, 11) is 0. The monoisotopic (exact) mass is 362 g/mol. The van der Waals surface area contributed by atoms with Crippen LogP contribution in [0.5, 0.6) is 0 Å². The Hall–Kier alpha value is -2.94. The molecule has 3 heterocycles. The molecule has 0 aliphatic carbocycles. The molecule has 0 N–H and O–H groups in total. The highest BCUT2D eigenvalue weighted by atomic mass is 32.1. The molecule has 0 atom stereocenters. The number of aromatic nitrogens is 4. The fraction of sp³-hybridized carbons (Fsp3) is 0.0625. The van der Waals surface area contributed by atoms with Crippen molar-refractivity contribution < 1.29 is 17.6 Å². The number of hydrogen-bond acceptors (Lipinski definition) is 5. The van der Waals surface area contributed by atoms with E-state index >= 15 is 0 Å². The summed E-state index contributed by atoms with van der Waals surface area (Å²) in [5.41, 5.74) is -0.250. The first-order valence-corrected chi connectivity index (χ1v) is 7.94. The maximum absolute atomic E-state index is 12.7. The molecule has 9 heteroatoms. The lowest BCUT2D eigenvalue weighted by atomic mass is 10.1.